The number of amides is 2. The number of fused-ring (bicyclic) bond motifs is 1. The minimum absolute atomic E-state index is 0.155. The van der Waals surface area contributed by atoms with Crippen LogP contribution >= 0.6 is 0 Å². The van der Waals surface area contributed by atoms with Gasteiger partial charge in [-0.05, 0) is 42.8 Å². The summed E-state index contributed by atoms with van der Waals surface area (Å²) in [5, 5.41) is 9.84. The van der Waals surface area contributed by atoms with E-state index < -0.39 is 12.1 Å². The van der Waals surface area contributed by atoms with E-state index in [4.69, 9.17) is 4.74 Å². The number of carbonyl (C=O) groups is 2. The van der Waals surface area contributed by atoms with Gasteiger partial charge in [-0.1, -0.05) is 19.1 Å². The highest BCUT2D eigenvalue weighted by molar-refractivity contribution is 5.98. The van der Waals surface area contributed by atoms with Gasteiger partial charge in [-0.2, -0.15) is 0 Å². The number of ether oxygens (including phenoxy) is 1. The first-order valence-corrected chi connectivity index (χ1v) is 11.8. The first-order chi connectivity index (χ1) is 17.3. The molecular formula is C27H29FN4O4. The average molecular weight is 493 g/mol. The molecule has 0 saturated carbocycles. The van der Waals surface area contributed by atoms with Crippen LogP contribution in [-0.2, 0) is 0 Å². The van der Waals surface area contributed by atoms with Crippen molar-refractivity contribution in [1.29, 1.82) is 0 Å². The summed E-state index contributed by atoms with van der Waals surface area (Å²) in [5.74, 6) is -0.853. The Kier molecular flexibility index (Phi) is 7.59. The molecule has 8 nitrogen and oxygen atoms in total. The summed E-state index contributed by atoms with van der Waals surface area (Å²) in [6.45, 7) is 4.10. The van der Waals surface area contributed by atoms with Crippen molar-refractivity contribution < 1.29 is 23.8 Å². The van der Waals surface area contributed by atoms with Crippen LogP contribution in [-0.4, -0.2) is 75.6 Å². The molecule has 4 rings (SSSR count). The van der Waals surface area contributed by atoms with Crippen LogP contribution in [0.25, 0.3) is 11.1 Å². The highest BCUT2D eigenvalue weighted by Gasteiger charge is 2.35. The third kappa shape index (κ3) is 5.36. The zero-order valence-electron chi connectivity index (χ0n) is 20.5. The summed E-state index contributed by atoms with van der Waals surface area (Å²) in [4.78, 5) is 38.1. The van der Waals surface area contributed by atoms with E-state index in [0.717, 1.165) is 0 Å². The first kappa shape index (κ1) is 25.2. The van der Waals surface area contributed by atoms with Gasteiger partial charge in [0.15, 0.2) is 0 Å². The molecule has 2 amide bonds. The summed E-state index contributed by atoms with van der Waals surface area (Å²) in [5.41, 5.74) is 2.10. The summed E-state index contributed by atoms with van der Waals surface area (Å²) in [6.07, 6.45) is 4.24. The first-order valence-electron chi connectivity index (χ1n) is 11.8. The lowest BCUT2D eigenvalue weighted by molar-refractivity contribution is 0.0313. The van der Waals surface area contributed by atoms with Crippen LogP contribution in [0.15, 0.2) is 61.1 Å². The van der Waals surface area contributed by atoms with Gasteiger partial charge in [0, 0.05) is 49.2 Å². The quantitative estimate of drug-likeness (QED) is 0.568. The van der Waals surface area contributed by atoms with Crippen molar-refractivity contribution in [2.75, 3.05) is 26.7 Å². The number of nitrogens with zero attached hydrogens (tertiary/aromatic N) is 4. The molecule has 9 heteroatoms. The third-order valence-electron chi connectivity index (χ3n) is 6.43. The number of aliphatic hydroxyl groups excluding tert-OH is 1. The maximum absolute atomic E-state index is 13.6. The molecule has 1 aliphatic heterocycles. The van der Waals surface area contributed by atoms with Crippen LogP contribution < -0.4 is 4.74 Å². The van der Waals surface area contributed by atoms with Crippen molar-refractivity contribution in [1.82, 2.24) is 19.8 Å². The number of aromatic nitrogens is 2. The zero-order valence-corrected chi connectivity index (χ0v) is 20.5. The van der Waals surface area contributed by atoms with Crippen LogP contribution in [0, 0.1) is 11.7 Å². The van der Waals surface area contributed by atoms with Crippen molar-refractivity contribution in [2.45, 2.75) is 26.0 Å². The smallest absolute Gasteiger partial charge is 0.259 e. The molecule has 0 radical (unpaired) electrons. The van der Waals surface area contributed by atoms with Gasteiger partial charge in [0.25, 0.3) is 11.8 Å². The van der Waals surface area contributed by atoms with Gasteiger partial charge in [-0.25, -0.2) is 9.37 Å². The number of carbonyl (C=O) groups excluding carboxylic acids is 2. The summed E-state index contributed by atoms with van der Waals surface area (Å²) in [6, 6.07) is 10.5. The van der Waals surface area contributed by atoms with Crippen LogP contribution in [0.4, 0.5) is 4.39 Å². The lowest BCUT2D eigenvalue weighted by Crippen LogP contribution is -2.50. The second kappa shape index (κ2) is 10.8. The van der Waals surface area contributed by atoms with E-state index in [1.807, 2.05) is 6.92 Å². The van der Waals surface area contributed by atoms with Crippen LogP contribution in [0.3, 0.4) is 0 Å². The Balaban J connectivity index is 1.68. The fourth-order valence-electron chi connectivity index (χ4n) is 4.19. The normalized spacial score (nSPS) is 18.5. The minimum atomic E-state index is -0.467. The molecule has 36 heavy (non-hydrogen) atoms. The van der Waals surface area contributed by atoms with E-state index in [-0.39, 0.29) is 48.1 Å². The topological polar surface area (TPSA) is 95.9 Å². The van der Waals surface area contributed by atoms with Gasteiger partial charge in [-0.15, -0.1) is 0 Å². The number of likely N-dealkylation sites (N-methyl/N-ethyl adjacent to an activating group) is 1. The van der Waals surface area contributed by atoms with E-state index in [1.54, 1.807) is 72.7 Å². The van der Waals surface area contributed by atoms with Crippen molar-refractivity contribution in [3.8, 4) is 17.0 Å². The molecule has 3 atom stereocenters. The molecule has 0 spiro atoms. The second-order valence-corrected chi connectivity index (χ2v) is 9.13. The van der Waals surface area contributed by atoms with Crippen molar-refractivity contribution >= 4 is 11.8 Å². The number of benzene rings is 1. The number of pyridine rings is 2. The van der Waals surface area contributed by atoms with Crippen molar-refractivity contribution in [3.05, 3.63) is 78.0 Å². The fraction of sp³-hybridized carbons (Fsp3) is 0.333. The third-order valence-corrected chi connectivity index (χ3v) is 6.43. The summed E-state index contributed by atoms with van der Waals surface area (Å²) >= 11 is 0. The van der Waals surface area contributed by atoms with E-state index in [0.29, 0.717) is 23.2 Å². The summed E-state index contributed by atoms with van der Waals surface area (Å²) in [7, 11) is 1.70. The predicted molar refractivity (Wildman–Crippen MR) is 132 cm³/mol. The van der Waals surface area contributed by atoms with Crippen LogP contribution in [0.5, 0.6) is 5.88 Å². The Bertz CT molecular complexity index is 1220. The number of hydrogen-bond acceptors (Lipinski definition) is 6. The van der Waals surface area contributed by atoms with Gasteiger partial charge in [0.2, 0.25) is 5.88 Å². The molecule has 188 valence electrons. The van der Waals surface area contributed by atoms with Crippen LogP contribution in [0.2, 0.25) is 0 Å². The lowest BCUT2D eigenvalue weighted by atomic mass is 9.99. The van der Waals surface area contributed by atoms with Gasteiger partial charge in [0.1, 0.15) is 17.5 Å². The molecule has 1 aliphatic rings. The zero-order chi connectivity index (χ0) is 25.8. The molecule has 0 unspecified atom stereocenters. The summed E-state index contributed by atoms with van der Waals surface area (Å²) < 4.78 is 19.7. The molecule has 3 heterocycles. The highest BCUT2D eigenvalue weighted by Crippen LogP contribution is 2.30. The van der Waals surface area contributed by atoms with E-state index >= 15 is 0 Å². The predicted octanol–water partition coefficient (Wildman–Crippen LogP) is 3.28. The fourth-order valence-corrected chi connectivity index (χ4v) is 4.19. The largest absolute Gasteiger partial charge is 0.472 e. The molecule has 1 aromatic carbocycles. The minimum Gasteiger partial charge on any atom is -0.472 e. The molecule has 3 aromatic rings. The van der Waals surface area contributed by atoms with Gasteiger partial charge in [0.05, 0.1) is 19.2 Å². The lowest BCUT2D eigenvalue weighted by Gasteiger charge is -2.37. The van der Waals surface area contributed by atoms with Gasteiger partial charge in [-0.3, -0.25) is 14.6 Å². The Morgan fingerprint density at radius 1 is 1.22 bits per heavy atom. The van der Waals surface area contributed by atoms with Gasteiger partial charge < -0.3 is 19.6 Å². The molecule has 1 N–H and O–H groups in total. The second-order valence-electron chi connectivity index (χ2n) is 9.13. The van der Waals surface area contributed by atoms with Crippen LogP contribution in [0.1, 0.15) is 34.6 Å². The number of rotatable bonds is 6. The highest BCUT2D eigenvalue weighted by atomic mass is 19.1. The number of halogens is 1. The molecule has 0 saturated heterocycles. The SMILES string of the molecule is C[C@H](CO)N1C[C@H](C)[C@H](CN(C)C(=O)c2ccncc2)Oc2ncc(-c3ccc(F)cc3)cc2C1=O. The van der Waals surface area contributed by atoms with E-state index in [2.05, 4.69) is 9.97 Å². The average Bonchev–Trinajstić information content (AvgIpc) is 2.90. The van der Waals surface area contributed by atoms with Crippen molar-refractivity contribution in [2.24, 2.45) is 5.92 Å². The Morgan fingerprint density at radius 2 is 1.92 bits per heavy atom. The Hall–Kier alpha value is -3.85. The maximum atomic E-state index is 13.6. The molecule has 0 fully saturated rings. The molecule has 0 aliphatic carbocycles. The molecule has 0 bridgehead atoms. The number of hydrogen-bond donors (Lipinski definition) is 1. The Morgan fingerprint density at radius 3 is 2.58 bits per heavy atom. The Labute approximate surface area is 209 Å². The van der Waals surface area contributed by atoms with E-state index in [9.17, 15) is 19.1 Å². The monoisotopic (exact) mass is 492 g/mol. The number of aliphatic hydroxyl groups is 1. The van der Waals surface area contributed by atoms with Crippen molar-refractivity contribution in [3.63, 3.8) is 0 Å². The molecular weight excluding hydrogens is 463 g/mol. The maximum Gasteiger partial charge on any atom is 0.259 e. The van der Waals surface area contributed by atoms with Gasteiger partial charge >= 0.3 is 0 Å². The standard InChI is InChI=1S/C27H29FN4O4/c1-17-14-32(18(2)16-33)27(35)23-12-21(19-4-6-22(28)7-5-19)13-30-25(23)36-24(17)15-31(3)26(34)20-8-10-29-11-9-20/h4-13,17-18,24,33H,14-16H2,1-3H3/t17-,18+,24-/m0/s1. The molecule has 2 aromatic heterocycles. The van der Waals surface area contributed by atoms with E-state index in [1.165, 1.54) is 12.1 Å².